The fourth-order valence-corrected chi connectivity index (χ4v) is 4.19. The van der Waals surface area contributed by atoms with Crippen molar-refractivity contribution in [3.8, 4) is 0 Å². The van der Waals surface area contributed by atoms with E-state index in [4.69, 9.17) is 4.98 Å². The molecule has 0 unspecified atom stereocenters. The number of benzene rings is 1. The van der Waals surface area contributed by atoms with Gasteiger partial charge in [0.25, 0.3) is 0 Å². The van der Waals surface area contributed by atoms with Gasteiger partial charge in [0.05, 0.1) is 23.3 Å². The number of carbonyl (C=O) groups is 1. The molecule has 0 atom stereocenters. The van der Waals surface area contributed by atoms with Gasteiger partial charge >= 0.3 is 0 Å². The number of amides is 1. The van der Waals surface area contributed by atoms with E-state index in [-0.39, 0.29) is 18.4 Å². The van der Waals surface area contributed by atoms with E-state index in [0.29, 0.717) is 24.1 Å². The van der Waals surface area contributed by atoms with Crippen molar-refractivity contribution in [3.63, 3.8) is 0 Å². The molecule has 32 heavy (non-hydrogen) atoms. The third-order valence-corrected chi connectivity index (χ3v) is 5.95. The summed E-state index contributed by atoms with van der Waals surface area (Å²) < 4.78 is 26.6. The highest BCUT2D eigenvalue weighted by Gasteiger charge is 2.25. The van der Waals surface area contributed by atoms with Crippen LogP contribution in [-0.2, 0) is 24.2 Å². The minimum atomic E-state index is -0.645. The van der Waals surface area contributed by atoms with Gasteiger partial charge in [-0.1, -0.05) is 13.8 Å². The van der Waals surface area contributed by atoms with Crippen LogP contribution in [0.3, 0.4) is 0 Å². The van der Waals surface area contributed by atoms with Gasteiger partial charge in [-0.2, -0.15) is 0 Å². The number of hydrogen-bond donors (Lipinski definition) is 1. The maximum absolute atomic E-state index is 13.3. The van der Waals surface area contributed by atoms with Crippen LogP contribution in [0.1, 0.15) is 43.6 Å². The highest BCUT2D eigenvalue weighted by Crippen LogP contribution is 2.25. The summed E-state index contributed by atoms with van der Waals surface area (Å²) in [6.45, 7) is 5.70. The monoisotopic (exact) mass is 439 g/mol. The number of halogens is 2. The molecule has 1 fully saturated rings. The third-order valence-electron chi connectivity index (χ3n) is 5.95. The molecular weight excluding hydrogens is 412 g/mol. The first-order chi connectivity index (χ1) is 15.5. The molecule has 1 aliphatic rings. The first kappa shape index (κ1) is 22.0. The Balaban J connectivity index is 1.37. The molecule has 168 valence electrons. The van der Waals surface area contributed by atoms with Crippen molar-refractivity contribution >= 4 is 22.8 Å². The number of hydrogen-bond acceptors (Lipinski definition) is 5. The van der Waals surface area contributed by atoms with Crippen molar-refractivity contribution in [2.45, 2.75) is 46.1 Å². The number of fused-ring (bicyclic) bond motifs is 1. The summed E-state index contributed by atoms with van der Waals surface area (Å²) in [7, 11) is 0. The lowest BCUT2D eigenvalue weighted by molar-refractivity contribution is -0.125. The van der Waals surface area contributed by atoms with E-state index in [2.05, 4.69) is 34.0 Å². The van der Waals surface area contributed by atoms with Crippen molar-refractivity contribution in [3.05, 3.63) is 59.0 Å². The number of anilines is 1. The Labute approximate surface area is 186 Å². The zero-order valence-corrected chi connectivity index (χ0v) is 18.4. The van der Waals surface area contributed by atoms with Crippen LogP contribution in [0.2, 0.25) is 0 Å². The van der Waals surface area contributed by atoms with Crippen molar-refractivity contribution in [1.29, 1.82) is 0 Å². The quantitative estimate of drug-likeness (QED) is 0.630. The summed E-state index contributed by atoms with van der Waals surface area (Å²) in [5.74, 6) is -1.50. The molecule has 2 aromatic heterocycles. The molecule has 1 N–H and O–H groups in total. The average molecular weight is 440 g/mol. The first-order valence-electron chi connectivity index (χ1n) is 11.1. The SMILES string of the molecule is CCc1nc2cc(N3CCC(C(=O)NCc4cc(F)cc(F)c4)CC3)cnc2nc1CC. The van der Waals surface area contributed by atoms with E-state index in [1.54, 1.807) is 0 Å². The summed E-state index contributed by atoms with van der Waals surface area (Å²) in [4.78, 5) is 28.7. The zero-order chi connectivity index (χ0) is 22.7. The number of rotatable bonds is 6. The minimum absolute atomic E-state index is 0.0866. The van der Waals surface area contributed by atoms with Crippen LogP contribution in [-0.4, -0.2) is 33.9 Å². The number of carbonyl (C=O) groups excluding carboxylic acids is 1. The molecule has 0 saturated carbocycles. The largest absolute Gasteiger partial charge is 0.370 e. The second-order valence-electron chi connectivity index (χ2n) is 8.12. The van der Waals surface area contributed by atoms with Gasteiger partial charge in [0.1, 0.15) is 17.2 Å². The Kier molecular flexibility index (Phi) is 6.58. The lowest BCUT2D eigenvalue weighted by Gasteiger charge is -2.32. The van der Waals surface area contributed by atoms with Crippen molar-refractivity contribution in [2.75, 3.05) is 18.0 Å². The second-order valence-corrected chi connectivity index (χ2v) is 8.12. The molecular formula is C24H27F2N5O. The normalized spacial score (nSPS) is 14.7. The van der Waals surface area contributed by atoms with Gasteiger partial charge < -0.3 is 10.2 Å². The van der Waals surface area contributed by atoms with E-state index in [1.165, 1.54) is 12.1 Å². The molecule has 0 bridgehead atoms. The van der Waals surface area contributed by atoms with E-state index in [0.717, 1.165) is 54.6 Å². The molecule has 1 aromatic carbocycles. The lowest BCUT2D eigenvalue weighted by atomic mass is 9.95. The molecule has 0 spiro atoms. The van der Waals surface area contributed by atoms with Gasteiger partial charge in [0.15, 0.2) is 5.65 Å². The van der Waals surface area contributed by atoms with Crippen LogP contribution >= 0.6 is 0 Å². The predicted octanol–water partition coefficient (Wildman–Crippen LogP) is 3.96. The van der Waals surface area contributed by atoms with E-state index in [9.17, 15) is 13.6 Å². The van der Waals surface area contributed by atoms with Crippen LogP contribution in [0, 0.1) is 17.6 Å². The van der Waals surface area contributed by atoms with Gasteiger partial charge in [-0.05, 0) is 49.4 Å². The Hall–Kier alpha value is -3.16. The molecule has 3 aromatic rings. The summed E-state index contributed by atoms with van der Waals surface area (Å²) in [5.41, 5.74) is 4.84. The Morgan fingerprint density at radius 2 is 1.69 bits per heavy atom. The molecule has 4 rings (SSSR count). The molecule has 1 saturated heterocycles. The van der Waals surface area contributed by atoms with Crippen LogP contribution < -0.4 is 10.2 Å². The van der Waals surface area contributed by atoms with Gasteiger partial charge in [-0.25, -0.2) is 23.7 Å². The van der Waals surface area contributed by atoms with Crippen LogP contribution in [0.5, 0.6) is 0 Å². The van der Waals surface area contributed by atoms with Gasteiger partial charge in [-0.15, -0.1) is 0 Å². The number of aromatic nitrogens is 3. The Morgan fingerprint density at radius 3 is 2.34 bits per heavy atom. The fraction of sp³-hybridized carbons (Fsp3) is 0.417. The number of piperidine rings is 1. The minimum Gasteiger partial charge on any atom is -0.370 e. The molecule has 3 heterocycles. The van der Waals surface area contributed by atoms with Crippen molar-refractivity contribution in [1.82, 2.24) is 20.3 Å². The number of pyridine rings is 1. The topological polar surface area (TPSA) is 71.0 Å². The molecule has 0 aliphatic carbocycles. The molecule has 1 aliphatic heterocycles. The van der Waals surface area contributed by atoms with Gasteiger partial charge in [0, 0.05) is 31.6 Å². The number of nitrogens with one attached hydrogen (secondary N) is 1. The first-order valence-corrected chi connectivity index (χ1v) is 11.1. The van der Waals surface area contributed by atoms with Crippen LogP contribution in [0.4, 0.5) is 14.5 Å². The zero-order valence-electron chi connectivity index (χ0n) is 18.4. The molecule has 8 heteroatoms. The van der Waals surface area contributed by atoms with Gasteiger partial charge in [0.2, 0.25) is 5.91 Å². The molecule has 6 nitrogen and oxygen atoms in total. The van der Waals surface area contributed by atoms with Crippen molar-refractivity contribution in [2.24, 2.45) is 5.92 Å². The fourth-order valence-electron chi connectivity index (χ4n) is 4.19. The van der Waals surface area contributed by atoms with Gasteiger partial charge in [-0.3, -0.25) is 4.79 Å². The maximum atomic E-state index is 13.3. The Morgan fingerprint density at radius 1 is 1.03 bits per heavy atom. The average Bonchev–Trinajstić information content (AvgIpc) is 2.80. The third kappa shape index (κ3) is 4.84. The summed E-state index contributed by atoms with van der Waals surface area (Å²) >= 11 is 0. The summed E-state index contributed by atoms with van der Waals surface area (Å²) in [6, 6.07) is 5.30. The predicted molar refractivity (Wildman–Crippen MR) is 119 cm³/mol. The molecule has 0 radical (unpaired) electrons. The Bertz CT molecular complexity index is 1110. The highest BCUT2D eigenvalue weighted by molar-refractivity contribution is 5.79. The van der Waals surface area contributed by atoms with Crippen LogP contribution in [0.25, 0.3) is 11.2 Å². The van der Waals surface area contributed by atoms with E-state index in [1.807, 2.05) is 12.3 Å². The van der Waals surface area contributed by atoms with E-state index < -0.39 is 11.6 Å². The number of nitrogens with zero attached hydrogens (tertiary/aromatic N) is 4. The second kappa shape index (κ2) is 9.54. The van der Waals surface area contributed by atoms with E-state index >= 15 is 0 Å². The standard InChI is InChI=1S/C24H27F2N5O/c1-3-20-21(4-2)30-23-22(29-20)12-19(14-27-23)31-7-5-16(6-8-31)24(32)28-13-15-9-17(25)11-18(26)10-15/h9-12,14,16H,3-8,13H2,1-2H3,(H,28,32). The van der Waals surface area contributed by atoms with Crippen LogP contribution in [0.15, 0.2) is 30.5 Å². The molecule has 1 amide bonds. The summed E-state index contributed by atoms with van der Waals surface area (Å²) in [6.07, 6.45) is 4.88. The summed E-state index contributed by atoms with van der Waals surface area (Å²) in [5, 5.41) is 2.80. The maximum Gasteiger partial charge on any atom is 0.223 e. The lowest BCUT2D eigenvalue weighted by Crippen LogP contribution is -2.40. The van der Waals surface area contributed by atoms with Crippen molar-refractivity contribution < 1.29 is 13.6 Å². The smallest absolute Gasteiger partial charge is 0.223 e. The number of aryl methyl sites for hydroxylation is 2. The highest BCUT2D eigenvalue weighted by atomic mass is 19.1.